The van der Waals surface area contributed by atoms with Crippen LogP contribution in [0.1, 0.15) is 44.0 Å². The second kappa shape index (κ2) is 7.23. The van der Waals surface area contributed by atoms with Gasteiger partial charge in [-0.25, -0.2) is 0 Å². The van der Waals surface area contributed by atoms with Crippen molar-refractivity contribution >= 4 is 11.8 Å². The summed E-state index contributed by atoms with van der Waals surface area (Å²) in [5, 5.41) is 0. The topological polar surface area (TPSA) is 45.2 Å². The van der Waals surface area contributed by atoms with Crippen molar-refractivity contribution in [2.45, 2.75) is 39.2 Å². The summed E-state index contributed by atoms with van der Waals surface area (Å²) in [6.07, 6.45) is 10.3. The minimum atomic E-state index is -0.427. The lowest BCUT2D eigenvalue weighted by molar-refractivity contribution is 0.413. The molecule has 0 saturated heterocycles. The van der Waals surface area contributed by atoms with Gasteiger partial charge in [0.1, 0.15) is 5.54 Å². The normalized spacial score (nSPS) is 25.7. The molecule has 0 amide bonds. The summed E-state index contributed by atoms with van der Waals surface area (Å²) < 4.78 is 0. The van der Waals surface area contributed by atoms with Crippen LogP contribution in [0.25, 0.3) is 5.57 Å². The number of hydrogen-bond donors (Lipinski definition) is 1. The van der Waals surface area contributed by atoms with Crippen LogP contribution in [0.4, 0.5) is 0 Å². The molecule has 4 rings (SSSR count). The SMILES string of the molecule is C/C=C1\[C@H]2C=C(C)C[C@]1(N=CC=C(C)c1ccccc1)c1ccc(=O)[nH]c1C2. The number of nitrogens with one attached hydrogen (secondary N) is 1. The first-order valence-corrected chi connectivity index (χ1v) is 9.87. The molecule has 1 aromatic heterocycles. The number of fused-ring (bicyclic) bond motifs is 4. The third-order valence-corrected chi connectivity index (χ3v) is 5.93. The van der Waals surface area contributed by atoms with E-state index in [2.05, 4.69) is 56.1 Å². The molecule has 0 spiro atoms. The summed E-state index contributed by atoms with van der Waals surface area (Å²) in [5.41, 5.74) is 6.75. The van der Waals surface area contributed by atoms with Crippen LogP contribution in [-0.4, -0.2) is 11.2 Å². The number of rotatable bonds is 3. The number of benzene rings is 1. The molecule has 0 radical (unpaired) electrons. The monoisotopic (exact) mass is 370 g/mol. The highest BCUT2D eigenvalue weighted by Gasteiger charge is 2.46. The molecule has 2 aliphatic rings. The van der Waals surface area contributed by atoms with Crippen LogP contribution in [0.2, 0.25) is 0 Å². The highest BCUT2D eigenvalue weighted by Crippen LogP contribution is 2.51. The average molecular weight is 370 g/mol. The summed E-state index contributed by atoms with van der Waals surface area (Å²) in [5.74, 6) is 0.292. The summed E-state index contributed by atoms with van der Waals surface area (Å²) in [4.78, 5) is 20.1. The average Bonchev–Trinajstić information content (AvgIpc) is 2.67. The van der Waals surface area contributed by atoms with Gasteiger partial charge in [-0.1, -0.05) is 48.1 Å². The van der Waals surface area contributed by atoms with E-state index in [9.17, 15) is 4.79 Å². The van der Waals surface area contributed by atoms with E-state index >= 15 is 0 Å². The van der Waals surface area contributed by atoms with Gasteiger partial charge in [-0.3, -0.25) is 9.79 Å². The van der Waals surface area contributed by atoms with Gasteiger partial charge in [0.05, 0.1) is 0 Å². The van der Waals surface area contributed by atoms with E-state index in [1.807, 2.05) is 30.5 Å². The van der Waals surface area contributed by atoms with Gasteiger partial charge in [-0.2, -0.15) is 0 Å². The zero-order valence-corrected chi connectivity index (χ0v) is 16.7. The third-order valence-electron chi connectivity index (χ3n) is 5.93. The van der Waals surface area contributed by atoms with E-state index in [-0.39, 0.29) is 5.56 Å². The van der Waals surface area contributed by atoms with E-state index in [1.165, 1.54) is 22.3 Å². The largest absolute Gasteiger partial charge is 0.326 e. The number of aromatic nitrogens is 1. The molecule has 2 aliphatic carbocycles. The Labute approximate surface area is 166 Å². The van der Waals surface area contributed by atoms with Crippen LogP contribution in [0, 0.1) is 5.92 Å². The smallest absolute Gasteiger partial charge is 0.248 e. The molecule has 1 aromatic carbocycles. The predicted molar refractivity (Wildman–Crippen MR) is 117 cm³/mol. The molecular formula is C25H26N2O. The number of aromatic amines is 1. The van der Waals surface area contributed by atoms with Gasteiger partial charge in [0, 0.05) is 35.9 Å². The molecular weight excluding hydrogens is 344 g/mol. The molecule has 0 aliphatic heterocycles. The Bertz CT molecular complexity index is 1070. The van der Waals surface area contributed by atoms with Crippen molar-refractivity contribution in [2.24, 2.45) is 10.9 Å². The van der Waals surface area contributed by atoms with Crippen molar-refractivity contribution in [1.29, 1.82) is 0 Å². The van der Waals surface area contributed by atoms with Crippen LogP contribution in [0.15, 0.2) is 81.6 Å². The number of hydrogen-bond acceptors (Lipinski definition) is 2. The van der Waals surface area contributed by atoms with E-state index in [4.69, 9.17) is 4.99 Å². The van der Waals surface area contributed by atoms with Gasteiger partial charge in [-0.15, -0.1) is 0 Å². The summed E-state index contributed by atoms with van der Waals surface area (Å²) in [6, 6.07) is 13.9. The predicted octanol–water partition coefficient (Wildman–Crippen LogP) is 5.21. The van der Waals surface area contributed by atoms with Crippen LogP contribution < -0.4 is 5.56 Å². The minimum absolute atomic E-state index is 0.0413. The molecule has 142 valence electrons. The van der Waals surface area contributed by atoms with Crippen LogP contribution in [0.5, 0.6) is 0 Å². The third kappa shape index (κ3) is 3.11. The number of H-pyrrole nitrogens is 1. The molecule has 0 unspecified atom stereocenters. The Morgan fingerprint density at radius 1 is 1.21 bits per heavy atom. The fourth-order valence-corrected chi connectivity index (χ4v) is 4.73. The summed E-state index contributed by atoms with van der Waals surface area (Å²) in [7, 11) is 0. The Morgan fingerprint density at radius 2 is 2.00 bits per heavy atom. The molecule has 28 heavy (non-hydrogen) atoms. The van der Waals surface area contributed by atoms with Gasteiger partial charge in [0.15, 0.2) is 0 Å². The van der Waals surface area contributed by atoms with Crippen molar-refractivity contribution in [3.05, 3.63) is 99.0 Å². The van der Waals surface area contributed by atoms with E-state index in [0.717, 1.165) is 24.1 Å². The summed E-state index contributed by atoms with van der Waals surface area (Å²) >= 11 is 0. The lowest BCUT2D eigenvalue weighted by Gasteiger charge is -2.45. The number of aliphatic imine (C=N–C) groups is 1. The first kappa shape index (κ1) is 18.4. The second-order valence-corrected chi connectivity index (χ2v) is 7.81. The van der Waals surface area contributed by atoms with Gasteiger partial charge in [-0.05, 0) is 56.0 Å². The van der Waals surface area contributed by atoms with Gasteiger partial charge in [0.25, 0.3) is 0 Å². The van der Waals surface area contributed by atoms with Crippen LogP contribution >= 0.6 is 0 Å². The Morgan fingerprint density at radius 3 is 2.75 bits per heavy atom. The molecule has 3 nitrogen and oxygen atoms in total. The lowest BCUT2D eigenvalue weighted by Crippen LogP contribution is -2.40. The van der Waals surface area contributed by atoms with Gasteiger partial charge >= 0.3 is 0 Å². The van der Waals surface area contributed by atoms with Crippen LogP contribution in [-0.2, 0) is 12.0 Å². The number of pyridine rings is 1. The molecule has 2 bridgehead atoms. The zero-order valence-electron chi connectivity index (χ0n) is 16.7. The molecule has 1 heterocycles. The highest BCUT2D eigenvalue weighted by molar-refractivity contribution is 5.84. The Kier molecular flexibility index (Phi) is 4.76. The maximum absolute atomic E-state index is 11.9. The standard InChI is InChI=1S/C25H26N2O/c1-4-21-20-14-17(2)16-25(21,22-10-11-24(28)27-23(22)15-20)26-13-12-18(3)19-8-6-5-7-9-19/h4-14,20H,15-16H2,1-3H3,(H,27,28)/b18-12?,21-4+,26-13?/t20-,25+/m0/s1. The summed E-state index contributed by atoms with van der Waals surface area (Å²) in [6.45, 7) is 6.39. The van der Waals surface area contributed by atoms with Gasteiger partial charge in [0.2, 0.25) is 5.56 Å². The molecule has 2 aromatic rings. The maximum atomic E-state index is 11.9. The van der Waals surface area contributed by atoms with Crippen molar-refractivity contribution < 1.29 is 0 Å². The zero-order chi connectivity index (χ0) is 19.7. The Balaban J connectivity index is 1.82. The second-order valence-electron chi connectivity index (χ2n) is 7.81. The first-order valence-electron chi connectivity index (χ1n) is 9.87. The lowest BCUT2D eigenvalue weighted by atomic mass is 9.63. The quantitative estimate of drug-likeness (QED) is 0.585. The number of allylic oxidation sites excluding steroid dienone is 4. The molecule has 0 fully saturated rings. The fourth-order valence-electron chi connectivity index (χ4n) is 4.73. The van der Waals surface area contributed by atoms with Crippen molar-refractivity contribution in [1.82, 2.24) is 4.98 Å². The number of nitrogens with zero attached hydrogens (tertiary/aromatic N) is 1. The van der Waals surface area contributed by atoms with E-state index < -0.39 is 5.54 Å². The molecule has 1 N–H and O–H groups in total. The van der Waals surface area contributed by atoms with Crippen molar-refractivity contribution in [2.75, 3.05) is 0 Å². The van der Waals surface area contributed by atoms with E-state index in [0.29, 0.717) is 5.92 Å². The Hall–Kier alpha value is -2.94. The minimum Gasteiger partial charge on any atom is -0.326 e. The van der Waals surface area contributed by atoms with E-state index in [1.54, 1.807) is 6.07 Å². The first-order chi connectivity index (χ1) is 13.5. The molecule has 3 heteroatoms. The molecule has 0 saturated carbocycles. The fraction of sp³-hybridized carbons (Fsp3) is 0.280. The molecule has 2 atom stereocenters. The van der Waals surface area contributed by atoms with Gasteiger partial charge < -0.3 is 4.98 Å². The maximum Gasteiger partial charge on any atom is 0.248 e. The van der Waals surface area contributed by atoms with Crippen molar-refractivity contribution in [3.63, 3.8) is 0 Å². The highest BCUT2D eigenvalue weighted by atomic mass is 16.1. The van der Waals surface area contributed by atoms with Crippen LogP contribution in [0.3, 0.4) is 0 Å². The van der Waals surface area contributed by atoms with Crippen molar-refractivity contribution in [3.8, 4) is 0 Å².